The molecule has 5 nitrogen and oxygen atoms in total. The van der Waals surface area contributed by atoms with E-state index in [1.165, 1.54) is 0 Å². The average molecular weight is 283 g/mol. The lowest BCUT2D eigenvalue weighted by Crippen LogP contribution is -2.39. The summed E-state index contributed by atoms with van der Waals surface area (Å²) in [5.41, 5.74) is -0.451. The molecule has 1 N–H and O–H groups in total. The highest BCUT2D eigenvalue weighted by atomic mass is 32.1. The number of ether oxygens (including phenoxy) is 1. The van der Waals surface area contributed by atoms with Crippen LogP contribution in [0.25, 0.3) is 0 Å². The lowest BCUT2D eigenvalue weighted by atomic mass is 10.2. The highest BCUT2D eigenvalue weighted by Crippen LogP contribution is 2.20. The van der Waals surface area contributed by atoms with Crippen LogP contribution in [0.3, 0.4) is 0 Å². The normalized spacial score (nSPS) is 21.0. The van der Waals surface area contributed by atoms with Gasteiger partial charge in [-0.3, -0.25) is 0 Å². The minimum atomic E-state index is -0.451. The second kappa shape index (κ2) is 5.88. The summed E-state index contributed by atoms with van der Waals surface area (Å²) < 4.78 is 5.44. The number of hydrogen-bond acceptors (Lipinski definition) is 5. The zero-order valence-electron chi connectivity index (χ0n) is 11.7. The number of nitrogens with zero attached hydrogens (tertiary/aromatic N) is 2. The largest absolute Gasteiger partial charge is 0.444 e. The Kier molecular flexibility index (Phi) is 4.42. The van der Waals surface area contributed by atoms with Gasteiger partial charge < -0.3 is 15.0 Å². The molecule has 19 heavy (non-hydrogen) atoms. The van der Waals surface area contributed by atoms with Crippen molar-refractivity contribution in [1.29, 1.82) is 0 Å². The number of aromatic nitrogens is 1. The van der Waals surface area contributed by atoms with E-state index in [9.17, 15) is 4.79 Å². The third kappa shape index (κ3) is 4.18. The molecule has 0 saturated carbocycles. The number of thiazole rings is 1. The van der Waals surface area contributed by atoms with E-state index in [0.29, 0.717) is 6.54 Å². The fourth-order valence-electron chi connectivity index (χ4n) is 1.99. The van der Waals surface area contributed by atoms with Gasteiger partial charge in [0.25, 0.3) is 0 Å². The zero-order valence-corrected chi connectivity index (χ0v) is 12.5. The lowest BCUT2D eigenvalue weighted by molar-refractivity contribution is 0.0247. The van der Waals surface area contributed by atoms with Crippen molar-refractivity contribution >= 4 is 17.4 Å². The molecule has 0 radical (unpaired) electrons. The summed E-state index contributed by atoms with van der Waals surface area (Å²) >= 11 is 1.61. The predicted molar refractivity (Wildman–Crippen MR) is 75.3 cm³/mol. The maximum Gasteiger partial charge on any atom is 0.410 e. The Balaban J connectivity index is 2.02. The number of carbonyl (C=O) groups is 1. The van der Waals surface area contributed by atoms with Crippen LogP contribution in [-0.2, 0) is 4.74 Å². The van der Waals surface area contributed by atoms with Gasteiger partial charge in [-0.25, -0.2) is 9.78 Å². The van der Waals surface area contributed by atoms with Gasteiger partial charge in [-0.2, -0.15) is 0 Å². The Labute approximate surface area is 118 Å². The highest BCUT2D eigenvalue weighted by Gasteiger charge is 2.27. The quantitative estimate of drug-likeness (QED) is 0.860. The number of amides is 1. The van der Waals surface area contributed by atoms with Crippen LogP contribution in [0.2, 0.25) is 0 Å². The van der Waals surface area contributed by atoms with E-state index in [4.69, 9.17) is 4.74 Å². The van der Waals surface area contributed by atoms with Crippen molar-refractivity contribution < 1.29 is 9.53 Å². The maximum atomic E-state index is 12.1. The summed E-state index contributed by atoms with van der Waals surface area (Å²) in [6.45, 7) is 7.90. The molecule has 0 aliphatic carbocycles. The number of rotatable bonds is 1. The van der Waals surface area contributed by atoms with Gasteiger partial charge in [-0.05, 0) is 33.7 Å². The number of hydrogen-bond donors (Lipinski definition) is 1. The molecule has 1 aliphatic rings. The van der Waals surface area contributed by atoms with Crippen LogP contribution in [0.4, 0.5) is 4.79 Å². The number of carbonyl (C=O) groups excluding carboxylic acids is 1. The summed E-state index contributed by atoms with van der Waals surface area (Å²) in [4.78, 5) is 18.2. The molecule has 106 valence electrons. The first-order valence-electron chi connectivity index (χ1n) is 6.56. The van der Waals surface area contributed by atoms with Gasteiger partial charge in [0.15, 0.2) is 0 Å². The van der Waals surface area contributed by atoms with E-state index in [1.54, 1.807) is 22.4 Å². The topological polar surface area (TPSA) is 54.5 Å². The van der Waals surface area contributed by atoms with Crippen LogP contribution in [-0.4, -0.2) is 41.2 Å². The summed E-state index contributed by atoms with van der Waals surface area (Å²) in [5.74, 6) is 0. The van der Waals surface area contributed by atoms with Crippen LogP contribution in [0, 0.1) is 0 Å². The molecule has 2 heterocycles. The van der Waals surface area contributed by atoms with Crippen molar-refractivity contribution in [3.05, 3.63) is 16.6 Å². The van der Waals surface area contributed by atoms with Gasteiger partial charge in [0.1, 0.15) is 10.6 Å². The number of nitrogens with one attached hydrogen (secondary N) is 1. The smallest absolute Gasteiger partial charge is 0.410 e. The SMILES string of the molecule is CC(C)(C)OC(=O)N1CCCNC(c2nccs2)C1. The fraction of sp³-hybridized carbons (Fsp3) is 0.692. The second-order valence-electron chi connectivity index (χ2n) is 5.66. The van der Waals surface area contributed by atoms with E-state index < -0.39 is 5.60 Å². The molecule has 1 aromatic heterocycles. The van der Waals surface area contributed by atoms with Crippen LogP contribution in [0.15, 0.2) is 11.6 Å². The third-order valence-electron chi connectivity index (χ3n) is 2.80. The van der Waals surface area contributed by atoms with Crippen molar-refractivity contribution in [2.75, 3.05) is 19.6 Å². The van der Waals surface area contributed by atoms with Crippen molar-refractivity contribution in [3.63, 3.8) is 0 Å². The molecule has 1 fully saturated rings. The summed E-state index contributed by atoms with van der Waals surface area (Å²) in [7, 11) is 0. The van der Waals surface area contributed by atoms with Crippen LogP contribution in [0.5, 0.6) is 0 Å². The molecule has 0 bridgehead atoms. The lowest BCUT2D eigenvalue weighted by Gasteiger charge is -2.27. The predicted octanol–water partition coefficient (Wildman–Crippen LogP) is 2.41. The molecular weight excluding hydrogens is 262 g/mol. The van der Waals surface area contributed by atoms with Crippen molar-refractivity contribution in [2.45, 2.75) is 38.8 Å². The van der Waals surface area contributed by atoms with E-state index in [-0.39, 0.29) is 12.1 Å². The Morgan fingerprint density at radius 1 is 1.58 bits per heavy atom. The van der Waals surface area contributed by atoms with Crippen LogP contribution < -0.4 is 5.32 Å². The molecule has 0 aromatic carbocycles. The molecule has 2 rings (SSSR count). The molecule has 1 aromatic rings. The Bertz CT molecular complexity index is 414. The summed E-state index contributed by atoms with van der Waals surface area (Å²) in [5, 5.41) is 6.41. The second-order valence-corrected chi connectivity index (χ2v) is 6.58. The van der Waals surface area contributed by atoms with E-state index in [2.05, 4.69) is 10.3 Å². The van der Waals surface area contributed by atoms with E-state index in [1.807, 2.05) is 26.2 Å². The minimum Gasteiger partial charge on any atom is -0.444 e. The molecule has 1 aliphatic heterocycles. The molecular formula is C13H21N3O2S. The minimum absolute atomic E-state index is 0.106. The van der Waals surface area contributed by atoms with E-state index >= 15 is 0 Å². The third-order valence-corrected chi connectivity index (χ3v) is 3.69. The molecule has 1 unspecified atom stereocenters. The molecule has 1 amide bonds. The van der Waals surface area contributed by atoms with Gasteiger partial charge in [0.05, 0.1) is 6.04 Å². The average Bonchev–Trinajstić information content (AvgIpc) is 2.71. The zero-order chi connectivity index (χ0) is 13.9. The van der Waals surface area contributed by atoms with E-state index in [0.717, 1.165) is 24.5 Å². The molecule has 1 saturated heterocycles. The summed E-state index contributed by atoms with van der Waals surface area (Å²) in [6, 6.07) is 0.106. The van der Waals surface area contributed by atoms with Gasteiger partial charge in [0, 0.05) is 24.7 Å². The first kappa shape index (κ1) is 14.3. The van der Waals surface area contributed by atoms with Crippen LogP contribution in [0.1, 0.15) is 38.2 Å². The standard InChI is InChI=1S/C13H21N3O2S/c1-13(2,3)18-12(17)16-7-4-5-14-10(9-16)11-15-6-8-19-11/h6,8,10,14H,4-5,7,9H2,1-3H3. The monoisotopic (exact) mass is 283 g/mol. The van der Waals surface area contributed by atoms with Gasteiger partial charge in [0.2, 0.25) is 0 Å². The molecule has 6 heteroatoms. The van der Waals surface area contributed by atoms with Crippen molar-refractivity contribution in [1.82, 2.24) is 15.2 Å². The van der Waals surface area contributed by atoms with Gasteiger partial charge in [-0.15, -0.1) is 11.3 Å². The Morgan fingerprint density at radius 3 is 3.00 bits per heavy atom. The molecule has 1 atom stereocenters. The molecule has 0 spiro atoms. The van der Waals surface area contributed by atoms with Gasteiger partial charge >= 0.3 is 6.09 Å². The maximum absolute atomic E-state index is 12.1. The fourth-order valence-corrected chi connectivity index (χ4v) is 2.69. The first-order valence-corrected chi connectivity index (χ1v) is 7.44. The van der Waals surface area contributed by atoms with Crippen molar-refractivity contribution in [2.24, 2.45) is 0 Å². The highest BCUT2D eigenvalue weighted by molar-refractivity contribution is 7.09. The Hall–Kier alpha value is -1.14. The summed E-state index contributed by atoms with van der Waals surface area (Å²) in [6.07, 6.45) is 2.49. The van der Waals surface area contributed by atoms with Crippen molar-refractivity contribution in [3.8, 4) is 0 Å². The Morgan fingerprint density at radius 2 is 2.37 bits per heavy atom. The first-order chi connectivity index (χ1) is 8.96. The van der Waals surface area contributed by atoms with Gasteiger partial charge in [-0.1, -0.05) is 0 Å². The van der Waals surface area contributed by atoms with Crippen LogP contribution >= 0.6 is 11.3 Å².